The Balaban J connectivity index is 1.54. The van der Waals surface area contributed by atoms with E-state index in [-0.39, 0.29) is 5.92 Å². The van der Waals surface area contributed by atoms with Gasteiger partial charge >= 0.3 is 5.97 Å². The van der Waals surface area contributed by atoms with E-state index in [9.17, 15) is 13.2 Å². The molecule has 0 fully saturated rings. The Labute approximate surface area is 216 Å². The van der Waals surface area contributed by atoms with Crippen LogP contribution in [0.2, 0.25) is 0 Å². The number of nitrogens with zero attached hydrogens (tertiary/aromatic N) is 1. The van der Waals surface area contributed by atoms with Gasteiger partial charge in [-0.25, -0.2) is 13.2 Å². The van der Waals surface area contributed by atoms with Crippen LogP contribution in [0.25, 0.3) is 5.57 Å². The number of sulfone groups is 1. The number of carboxylic acids is 1. The second-order valence-electron chi connectivity index (χ2n) is 9.21. The molecule has 2 atom stereocenters. The fourth-order valence-corrected chi connectivity index (χ4v) is 7.13. The molecule has 0 spiro atoms. The second kappa shape index (κ2) is 10.2. The number of aliphatic carboxylic acids is 1. The molecule has 1 N–H and O–H groups in total. The van der Waals surface area contributed by atoms with Gasteiger partial charge in [0.15, 0.2) is 11.5 Å². The van der Waals surface area contributed by atoms with Gasteiger partial charge in [-0.05, 0) is 59.7 Å². The first kappa shape index (κ1) is 24.7. The van der Waals surface area contributed by atoms with Crippen molar-refractivity contribution in [2.24, 2.45) is 10.9 Å². The van der Waals surface area contributed by atoms with Gasteiger partial charge in [-0.2, -0.15) is 0 Å². The number of carboxylic acid groups (broad SMARTS) is 1. The molecule has 2 unspecified atom stereocenters. The van der Waals surface area contributed by atoms with Crippen LogP contribution in [0.4, 0.5) is 0 Å². The number of fused-ring (bicyclic) bond motifs is 1. The molecule has 1 heterocycles. The summed E-state index contributed by atoms with van der Waals surface area (Å²) in [4.78, 5) is 14.2. The van der Waals surface area contributed by atoms with Gasteiger partial charge in [-0.3, -0.25) is 4.99 Å². The summed E-state index contributed by atoms with van der Waals surface area (Å²) in [5.74, 6) is -0.795. The summed E-state index contributed by atoms with van der Waals surface area (Å²) in [6.07, 6.45) is 6.61. The third-order valence-corrected chi connectivity index (χ3v) is 9.00. The zero-order valence-corrected chi connectivity index (χ0v) is 21.0. The average molecular weight is 514 g/mol. The van der Waals surface area contributed by atoms with Crippen molar-refractivity contribution in [1.82, 2.24) is 0 Å². The van der Waals surface area contributed by atoms with Crippen molar-refractivity contribution >= 4 is 27.6 Å². The number of ether oxygens (including phenoxy) is 1. The monoisotopic (exact) mass is 513 g/mol. The van der Waals surface area contributed by atoms with Crippen LogP contribution in [0, 0.1) is 5.92 Å². The van der Waals surface area contributed by atoms with Crippen molar-refractivity contribution in [1.29, 1.82) is 0 Å². The molecule has 0 bridgehead atoms. The van der Waals surface area contributed by atoms with Crippen molar-refractivity contribution in [3.8, 4) is 5.75 Å². The van der Waals surface area contributed by atoms with Crippen molar-refractivity contribution < 1.29 is 23.1 Å². The van der Waals surface area contributed by atoms with E-state index in [0.29, 0.717) is 30.6 Å². The van der Waals surface area contributed by atoms with E-state index in [2.05, 4.69) is 4.99 Å². The molecule has 3 aromatic carbocycles. The van der Waals surface area contributed by atoms with Crippen molar-refractivity contribution in [2.75, 3.05) is 6.61 Å². The number of allylic oxidation sites excluding steroid dienone is 1. The van der Waals surface area contributed by atoms with Crippen molar-refractivity contribution in [3.63, 3.8) is 0 Å². The Morgan fingerprint density at radius 1 is 1.00 bits per heavy atom. The molecule has 2 aliphatic rings. The highest BCUT2D eigenvalue weighted by molar-refractivity contribution is 7.96. The lowest BCUT2D eigenvalue weighted by Gasteiger charge is -2.36. The van der Waals surface area contributed by atoms with Gasteiger partial charge in [0.05, 0.1) is 0 Å². The number of hydrogen-bond acceptors (Lipinski definition) is 5. The lowest BCUT2D eigenvalue weighted by molar-refractivity contribution is -0.139. The lowest BCUT2D eigenvalue weighted by Crippen LogP contribution is -2.43. The Kier molecular flexibility index (Phi) is 6.80. The zero-order valence-electron chi connectivity index (χ0n) is 20.2. The van der Waals surface area contributed by atoms with Crippen LogP contribution in [0.1, 0.15) is 28.7 Å². The molecule has 5 rings (SSSR count). The normalized spacial score (nSPS) is 20.3. The summed E-state index contributed by atoms with van der Waals surface area (Å²) in [5.41, 5.74) is 4.14. The largest absolute Gasteiger partial charge is 0.482 e. The number of carbonyl (C=O) groups is 1. The molecule has 3 aromatic rings. The summed E-state index contributed by atoms with van der Waals surface area (Å²) in [7, 11) is -3.91. The minimum absolute atomic E-state index is 0.293. The fourth-order valence-electron chi connectivity index (χ4n) is 5.21. The van der Waals surface area contributed by atoms with Gasteiger partial charge in [0, 0.05) is 23.1 Å². The van der Waals surface area contributed by atoms with Gasteiger partial charge in [0.2, 0.25) is 9.84 Å². The molecule has 0 saturated carbocycles. The second-order valence-corrected chi connectivity index (χ2v) is 11.2. The molecule has 1 aliphatic heterocycles. The summed E-state index contributed by atoms with van der Waals surface area (Å²) in [6, 6.07) is 24.5. The lowest BCUT2D eigenvalue weighted by atomic mass is 9.79. The zero-order chi connectivity index (χ0) is 25.9. The van der Waals surface area contributed by atoms with Gasteiger partial charge < -0.3 is 9.84 Å². The van der Waals surface area contributed by atoms with Crippen molar-refractivity contribution in [3.05, 3.63) is 119 Å². The van der Waals surface area contributed by atoms with Crippen LogP contribution in [-0.4, -0.2) is 37.2 Å². The van der Waals surface area contributed by atoms with Crippen LogP contribution in [0.15, 0.2) is 101 Å². The highest BCUT2D eigenvalue weighted by atomic mass is 32.2. The van der Waals surface area contributed by atoms with E-state index < -0.39 is 27.3 Å². The minimum Gasteiger partial charge on any atom is -0.482 e. The van der Waals surface area contributed by atoms with Crippen LogP contribution in [0.5, 0.6) is 5.75 Å². The smallest absolute Gasteiger partial charge is 0.341 e. The van der Waals surface area contributed by atoms with E-state index in [1.165, 1.54) is 5.41 Å². The van der Waals surface area contributed by atoms with Gasteiger partial charge in [0.25, 0.3) is 0 Å². The Hall–Kier alpha value is -3.97. The van der Waals surface area contributed by atoms with Crippen LogP contribution in [0.3, 0.4) is 0 Å². The number of benzene rings is 3. The molecule has 0 radical (unpaired) electrons. The molecule has 37 heavy (non-hydrogen) atoms. The maximum absolute atomic E-state index is 14.2. The average Bonchev–Trinajstić information content (AvgIpc) is 3.43. The predicted molar refractivity (Wildman–Crippen MR) is 144 cm³/mol. The van der Waals surface area contributed by atoms with E-state index in [1.54, 1.807) is 24.4 Å². The summed E-state index contributed by atoms with van der Waals surface area (Å²) < 4.78 is 34.0. The predicted octanol–water partition coefficient (Wildman–Crippen LogP) is 5.10. The third-order valence-electron chi connectivity index (χ3n) is 6.97. The first-order valence-electron chi connectivity index (χ1n) is 12.2. The SMILES string of the molecule is O=C(O)COc1cccc2c1CCC(C1(S(=O)(=O)C=C(c3ccccc3)c3ccccc3)C=CC=N1)C2. The minimum atomic E-state index is -3.91. The number of aliphatic imine (C=N–C) groups is 1. The molecule has 1 aliphatic carbocycles. The first-order valence-corrected chi connectivity index (χ1v) is 13.7. The van der Waals surface area contributed by atoms with E-state index in [4.69, 9.17) is 9.84 Å². The molecule has 0 amide bonds. The molecule has 0 saturated heterocycles. The summed E-state index contributed by atoms with van der Waals surface area (Å²) >= 11 is 0. The summed E-state index contributed by atoms with van der Waals surface area (Å²) in [5, 5.41) is 10.4. The standard InChI is InChI=1S/C30H27NO5S/c32-29(33)20-36-28-14-7-13-24-19-25(15-16-26(24)28)30(17-8-18-31-30)37(34,35)21-27(22-9-3-1-4-10-22)23-11-5-2-6-12-23/h1-14,17-18,21,25H,15-16,19-20H2,(H,32,33). The topological polar surface area (TPSA) is 93.0 Å². The molecule has 7 heteroatoms. The number of hydrogen-bond donors (Lipinski definition) is 1. The van der Waals surface area contributed by atoms with Gasteiger partial charge in [-0.15, -0.1) is 0 Å². The van der Waals surface area contributed by atoms with Gasteiger partial charge in [-0.1, -0.05) is 72.8 Å². The van der Waals surface area contributed by atoms with E-state index in [1.807, 2.05) is 72.8 Å². The highest BCUT2D eigenvalue weighted by Crippen LogP contribution is 2.44. The third kappa shape index (κ3) is 4.87. The van der Waals surface area contributed by atoms with Crippen LogP contribution < -0.4 is 4.74 Å². The molecule has 6 nitrogen and oxygen atoms in total. The number of rotatable bonds is 8. The van der Waals surface area contributed by atoms with Crippen LogP contribution in [-0.2, 0) is 27.5 Å². The van der Waals surface area contributed by atoms with Crippen LogP contribution >= 0.6 is 0 Å². The summed E-state index contributed by atoms with van der Waals surface area (Å²) in [6.45, 7) is -0.419. The van der Waals surface area contributed by atoms with Gasteiger partial charge in [0.1, 0.15) is 5.75 Å². The Bertz CT molecular complexity index is 1440. The Morgan fingerprint density at radius 3 is 2.27 bits per heavy atom. The molecular formula is C30H27NO5S. The quantitative estimate of drug-likeness (QED) is 0.453. The van der Waals surface area contributed by atoms with E-state index in [0.717, 1.165) is 22.3 Å². The highest BCUT2D eigenvalue weighted by Gasteiger charge is 2.49. The van der Waals surface area contributed by atoms with E-state index >= 15 is 0 Å². The maximum atomic E-state index is 14.2. The molecule has 188 valence electrons. The first-order chi connectivity index (χ1) is 17.9. The Morgan fingerprint density at radius 2 is 1.68 bits per heavy atom. The maximum Gasteiger partial charge on any atom is 0.341 e. The van der Waals surface area contributed by atoms with Crippen molar-refractivity contribution in [2.45, 2.75) is 24.1 Å². The molecular weight excluding hydrogens is 486 g/mol. The fraction of sp³-hybridized carbons (Fsp3) is 0.200. The molecule has 0 aromatic heterocycles.